The van der Waals surface area contributed by atoms with Crippen molar-refractivity contribution in [2.75, 3.05) is 31.6 Å². The Morgan fingerprint density at radius 3 is 2.82 bits per heavy atom. The van der Waals surface area contributed by atoms with Crippen LogP contribution in [0, 0.1) is 17.1 Å². The van der Waals surface area contributed by atoms with Crippen molar-refractivity contribution >= 4 is 45.0 Å². The largest absolute Gasteiger partial charge is 0.508 e. The molecule has 0 saturated carbocycles. The molecule has 8 nitrogen and oxygen atoms in total. The molecular weight excluding hydrogens is 509 g/mol. The molecule has 5 rings (SSSR count). The first-order valence-electron chi connectivity index (χ1n) is 11.9. The molecule has 1 saturated heterocycles. The zero-order valence-electron chi connectivity index (χ0n) is 20.5. The van der Waals surface area contributed by atoms with Crippen LogP contribution in [0.25, 0.3) is 32.8 Å². The number of aromatic hydroxyl groups is 1. The van der Waals surface area contributed by atoms with E-state index in [0.717, 1.165) is 5.39 Å². The molecule has 192 valence electrons. The lowest BCUT2D eigenvalue weighted by molar-refractivity contribution is -0.128. The van der Waals surface area contributed by atoms with Gasteiger partial charge >= 0.3 is 6.01 Å². The number of carbonyl (C=O) groups is 1. The van der Waals surface area contributed by atoms with Crippen molar-refractivity contribution in [3.63, 3.8) is 0 Å². The minimum absolute atomic E-state index is 0.0000969. The van der Waals surface area contributed by atoms with Gasteiger partial charge in [-0.25, -0.2) is 4.39 Å². The first kappa shape index (κ1) is 25.2. The first-order chi connectivity index (χ1) is 18.4. The molecule has 10 heteroatoms. The standard InChI is InChI=1S/C28H23ClFN5O3/c1-3-23(37)35-11-10-34(15-17(35)8-9-31)27-21-14-22(29)24(25(30)26(21)32-28(33-27)38-2)20-13-18(36)12-16-6-4-5-7-19(16)20/h3-7,12-14,17,36H,1,8,10-11,15H2,2H3/t17-/m0/s1. The second-order valence-corrected chi connectivity index (χ2v) is 9.30. The average Bonchev–Trinajstić information content (AvgIpc) is 2.92. The number of fused-ring (bicyclic) bond motifs is 2. The summed E-state index contributed by atoms with van der Waals surface area (Å²) in [5, 5.41) is 21.6. The number of phenols is 1. The van der Waals surface area contributed by atoms with Crippen LogP contribution in [-0.4, -0.2) is 58.7 Å². The van der Waals surface area contributed by atoms with E-state index in [4.69, 9.17) is 16.3 Å². The number of ether oxygens (including phenoxy) is 1. The van der Waals surface area contributed by atoms with E-state index in [0.29, 0.717) is 41.8 Å². The first-order valence-corrected chi connectivity index (χ1v) is 12.2. The normalized spacial score (nSPS) is 15.5. The Morgan fingerprint density at radius 2 is 2.08 bits per heavy atom. The van der Waals surface area contributed by atoms with Gasteiger partial charge in [0.05, 0.1) is 30.7 Å². The number of methoxy groups -OCH3 is 1. The summed E-state index contributed by atoms with van der Waals surface area (Å²) in [7, 11) is 1.39. The summed E-state index contributed by atoms with van der Waals surface area (Å²) in [5.41, 5.74) is 0.525. The third-order valence-corrected chi connectivity index (χ3v) is 7.01. The number of carbonyl (C=O) groups excluding carboxylic acids is 1. The highest BCUT2D eigenvalue weighted by Crippen LogP contribution is 2.42. The van der Waals surface area contributed by atoms with Gasteiger partial charge in [0.15, 0.2) is 5.82 Å². The van der Waals surface area contributed by atoms with Gasteiger partial charge in [-0.05, 0) is 40.6 Å². The maximum Gasteiger partial charge on any atom is 0.318 e. The summed E-state index contributed by atoms with van der Waals surface area (Å²) in [6.07, 6.45) is 1.34. The van der Waals surface area contributed by atoms with Crippen molar-refractivity contribution < 1.29 is 19.0 Å². The number of nitriles is 1. The number of aromatic nitrogens is 2. The maximum atomic E-state index is 16.3. The Morgan fingerprint density at radius 1 is 1.29 bits per heavy atom. The zero-order chi connectivity index (χ0) is 27.0. The summed E-state index contributed by atoms with van der Waals surface area (Å²) in [4.78, 5) is 24.6. The fraction of sp³-hybridized carbons (Fsp3) is 0.214. The molecule has 0 aliphatic carbocycles. The molecule has 1 N–H and O–H groups in total. The minimum Gasteiger partial charge on any atom is -0.508 e. The van der Waals surface area contributed by atoms with Crippen LogP contribution in [0.5, 0.6) is 11.8 Å². The molecular formula is C28H23ClFN5O3. The molecule has 1 atom stereocenters. The molecule has 4 aromatic rings. The topological polar surface area (TPSA) is 103 Å². The summed E-state index contributed by atoms with van der Waals surface area (Å²) >= 11 is 6.71. The van der Waals surface area contributed by atoms with Crippen LogP contribution >= 0.6 is 11.6 Å². The second-order valence-electron chi connectivity index (χ2n) is 8.89. The average molecular weight is 532 g/mol. The lowest BCUT2D eigenvalue weighted by Gasteiger charge is -2.41. The van der Waals surface area contributed by atoms with Crippen molar-refractivity contribution in [3.8, 4) is 29.0 Å². The molecule has 1 aliphatic rings. The molecule has 1 amide bonds. The number of anilines is 1. The van der Waals surface area contributed by atoms with Gasteiger partial charge in [-0.15, -0.1) is 0 Å². The van der Waals surface area contributed by atoms with Gasteiger partial charge < -0.3 is 19.6 Å². The fourth-order valence-electron chi connectivity index (χ4n) is 4.98. The Hall–Kier alpha value is -4.42. The third-order valence-electron chi connectivity index (χ3n) is 6.71. The summed E-state index contributed by atoms with van der Waals surface area (Å²) < 4.78 is 21.6. The smallest absolute Gasteiger partial charge is 0.318 e. The van der Waals surface area contributed by atoms with E-state index in [2.05, 4.69) is 22.6 Å². The van der Waals surface area contributed by atoms with Crippen molar-refractivity contribution in [2.45, 2.75) is 12.5 Å². The van der Waals surface area contributed by atoms with Crippen LogP contribution < -0.4 is 9.64 Å². The molecule has 0 bridgehead atoms. The zero-order valence-corrected chi connectivity index (χ0v) is 21.2. The molecule has 0 unspecified atom stereocenters. The quantitative estimate of drug-likeness (QED) is 0.358. The van der Waals surface area contributed by atoms with E-state index in [1.807, 2.05) is 29.2 Å². The molecule has 38 heavy (non-hydrogen) atoms. The van der Waals surface area contributed by atoms with Crippen LogP contribution in [0.15, 0.2) is 55.1 Å². The highest BCUT2D eigenvalue weighted by molar-refractivity contribution is 6.35. The van der Waals surface area contributed by atoms with E-state index >= 15 is 4.39 Å². The van der Waals surface area contributed by atoms with Gasteiger partial charge in [0.1, 0.15) is 17.1 Å². The fourth-order valence-corrected chi connectivity index (χ4v) is 5.27. The van der Waals surface area contributed by atoms with E-state index in [9.17, 15) is 15.2 Å². The van der Waals surface area contributed by atoms with Crippen LogP contribution in [-0.2, 0) is 4.79 Å². The lowest BCUT2D eigenvalue weighted by atomic mass is 9.96. The Labute approximate surface area is 223 Å². The molecule has 0 radical (unpaired) electrons. The number of halogens is 2. The highest BCUT2D eigenvalue weighted by atomic mass is 35.5. The van der Waals surface area contributed by atoms with Gasteiger partial charge in [0, 0.05) is 30.6 Å². The number of amides is 1. The van der Waals surface area contributed by atoms with Crippen molar-refractivity contribution in [3.05, 3.63) is 66.0 Å². The Balaban J connectivity index is 1.68. The number of nitrogens with zero attached hydrogens (tertiary/aromatic N) is 5. The van der Waals surface area contributed by atoms with Gasteiger partial charge in [-0.2, -0.15) is 15.2 Å². The van der Waals surface area contributed by atoms with Gasteiger partial charge in [0.25, 0.3) is 0 Å². The predicted octanol–water partition coefficient (Wildman–Crippen LogP) is 5.07. The second kappa shape index (κ2) is 10.1. The van der Waals surface area contributed by atoms with Crippen molar-refractivity contribution in [2.24, 2.45) is 0 Å². The lowest BCUT2D eigenvalue weighted by Crippen LogP contribution is -2.55. The Bertz CT molecular complexity index is 1640. The predicted molar refractivity (Wildman–Crippen MR) is 144 cm³/mol. The number of piperazine rings is 1. The van der Waals surface area contributed by atoms with E-state index in [-0.39, 0.29) is 40.2 Å². The maximum absolute atomic E-state index is 16.3. The van der Waals surface area contributed by atoms with E-state index in [1.54, 1.807) is 17.0 Å². The van der Waals surface area contributed by atoms with Crippen LogP contribution in [0.1, 0.15) is 6.42 Å². The monoisotopic (exact) mass is 531 g/mol. The van der Waals surface area contributed by atoms with Crippen LogP contribution in [0.4, 0.5) is 10.2 Å². The molecule has 1 fully saturated rings. The SMILES string of the molecule is C=CC(=O)N1CCN(c2nc(OC)nc3c(F)c(-c4cc(O)cc5ccccc45)c(Cl)cc23)C[C@@H]1CC#N. The molecule has 0 spiro atoms. The van der Waals surface area contributed by atoms with Crippen molar-refractivity contribution in [1.29, 1.82) is 5.26 Å². The van der Waals surface area contributed by atoms with E-state index < -0.39 is 11.9 Å². The van der Waals surface area contributed by atoms with Crippen LogP contribution in [0.3, 0.4) is 0 Å². The number of phenolic OH excluding ortho intramolecular Hbond substituents is 1. The molecule has 1 aliphatic heterocycles. The minimum atomic E-state index is -0.681. The molecule has 1 aromatic heterocycles. The number of hydrogen-bond acceptors (Lipinski definition) is 7. The number of hydrogen-bond donors (Lipinski definition) is 1. The third kappa shape index (κ3) is 4.33. The van der Waals surface area contributed by atoms with Crippen molar-refractivity contribution in [1.82, 2.24) is 14.9 Å². The van der Waals surface area contributed by atoms with Gasteiger partial charge in [-0.3, -0.25) is 4.79 Å². The van der Waals surface area contributed by atoms with Gasteiger partial charge in [-0.1, -0.05) is 42.4 Å². The van der Waals surface area contributed by atoms with Crippen LogP contribution in [0.2, 0.25) is 5.02 Å². The number of rotatable bonds is 5. The van der Waals surface area contributed by atoms with Gasteiger partial charge in [0.2, 0.25) is 5.91 Å². The number of benzene rings is 3. The highest BCUT2D eigenvalue weighted by Gasteiger charge is 2.32. The summed E-state index contributed by atoms with van der Waals surface area (Å²) in [6.45, 7) is 4.56. The summed E-state index contributed by atoms with van der Waals surface area (Å²) in [6, 6.07) is 13.7. The van der Waals surface area contributed by atoms with E-state index in [1.165, 1.54) is 19.3 Å². The Kier molecular flexibility index (Phi) is 6.74. The summed E-state index contributed by atoms with van der Waals surface area (Å²) in [5.74, 6) is -0.578. The molecule has 3 aromatic carbocycles. The molecule has 2 heterocycles.